The molecule has 6 nitrogen and oxygen atoms in total. The number of nitrogens with one attached hydrogen (secondary N) is 1. The van der Waals surface area contributed by atoms with Crippen LogP contribution in [0.4, 0.5) is 11.4 Å². The molecule has 0 aromatic heterocycles. The minimum absolute atomic E-state index is 0.0474. The number of rotatable bonds is 4. The summed E-state index contributed by atoms with van der Waals surface area (Å²) in [6.45, 7) is 1.76. The highest BCUT2D eigenvalue weighted by atomic mass is 16.6. The number of hydrogen-bond donors (Lipinski definition) is 1. The van der Waals surface area contributed by atoms with Gasteiger partial charge in [0.05, 0.1) is 4.92 Å². The minimum atomic E-state index is -0.364. The summed E-state index contributed by atoms with van der Waals surface area (Å²) in [5.41, 5.74) is 1.48. The van der Waals surface area contributed by atoms with Crippen LogP contribution in [0.15, 0.2) is 18.2 Å². The standard InChI is InChI=1S/C17H21N3O3/c21-16(18-13-3-4-13)12-2-5-14(15(10-12)20(22)23)19-9-1-6-17(11-19)7-8-17/h2,5,10,13H,1,3-4,6-9,11H2,(H,18,21). The number of nitrogens with zero attached hydrogens (tertiary/aromatic N) is 2. The Kier molecular flexibility index (Phi) is 3.28. The highest BCUT2D eigenvalue weighted by molar-refractivity contribution is 5.96. The fourth-order valence-electron chi connectivity index (χ4n) is 3.57. The van der Waals surface area contributed by atoms with Crippen molar-refractivity contribution in [1.29, 1.82) is 0 Å². The van der Waals surface area contributed by atoms with Crippen LogP contribution < -0.4 is 10.2 Å². The predicted molar refractivity (Wildman–Crippen MR) is 86.7 cm³/mol. The maximum Gasteiger partial charge on any atom is 0.293 e. The molecule has 1 heterocycles. The highest BCUT2D eigenvalue weighted by Gasteiger charge is 2.46. The van der Waals surface area contributed by atoms with Gasteiger partial charge in [0.15, 0.2) is 0 Å². The smallest absolute Gasteiger partial charge is 0.293 e. The number of carbonyl (C=O) groups is 1. The van der Waals surface area contributed by atoms with Crippen LogP contribution in [0.3, 0.4) is 0 Å². The lowest BCUT2D eigenvalue weighted by molar-refractivity contribution is -0.384. The Hall–Kier alpha value is -2.11. The Morgan fingerprint density at radius 3 is 2.74 bits per heavy atom. The van der Waals surface area contributed by atoms with Gasteiger partial charge in [-0.1, -0.05) is 0 Å². The molecule has 4 rings (SSSR count). The van der Waals surface area contributed by atoms with Gasteiger partial charge in [-0.15, -0.1) is 0 Å². The van der Waals surface area contributed by atoms with Gasteiger partial charge in [0.1, 0.15) is 5.69 Å². The van der Waals surface area contributed by atoms with E-state index in [1.54, 1.807) is 12.1 Å². The maximum absolute atomic E-state index is 12.1. The fraction of sp³-hybridized carbons (Fsp3) is 0.588. The molecule has 2 aliphatic carbocycles. The molecule has 3 aliphatic rings. The van der Waals surface area contributed by atoms with Crippen LogP contribution in [0.2, 0.25) is 0 Å². The van der Waals surface area contributed by atoms with Crippen molar-refractivity contribution in [3.05, 3.63) is 33.9 Å². The van der Waals surface area contributed by atoms with E-state index in [9.17, 15) is 14.9 Å². The summed E-state index contributed by atoms with van der Waals surface area (Å²) in [6.07, 6.45) is 6.79. The summed E-state index contributed by atoms with van der Waals surface area (Å²) in [5, 5.41) is 14.4. The van der Waals surface area contributed by atoms with E-state index >= 15 is 0 Å². The van der Waals surface area contributed by atoms with Crippen LogP contribution in [0.5, 0.6) is 0 Å². The molecule has 0 bridgehead atoms. The van der Waals surface area contributed by atoms with Crippen LogP contribution in [-0.4, -0.2) is 30.0 Å². The Morgan fingerprint density at radius 1 is 1.30 bits per heavy atom. The van der Waals surface area contributed by atoms with E-state index in [0.29, 0.717) is 16.7 Å². The molecule has 3 fully saturated rings. The molecule has 1 saturated heterocycles. The monoisotopic (exact) mass is 315 g/mol. The Balaban J connectivity index is 1.60. The summed E-state index contributed by atoms with van der Waals surface area (Å²) in [6, 6.07) is 5.15. The van der Waals surface area contributed by atoms with Gasteiger partial charge in [0, 0.05) is 30.8 Å². The second-order valence-corrected chi connectivity index (χ2v) is 7.23. The van der Waals surface area contributed by atoms with E-state index in [4.69, 9.17) is 0 Å². The first kappa shape index (κ1) is 14.5. The SMILES string of the molecule is O=C(NC1CC1)c1ccc(N2CCCC3(CC3)C2)c([N+](=O)[O-])c1. The molecule has 6 heteroatoms. The van der Waals surface area contributed by atoms with Crippen LogP contribution in [0.1, 0.15) is 48.9 Å². The minimum Gasteiger partial charge on any atom is -0.365 e. The van der Waals surface area contributed by atoms with Crippen molar-refractivity contribution >= 4 is 17.3 Å². The number of benzene rings is 1. The van der Waals surface area contributed by atoms with Crippen molar-refractivity contribution in [3.63, 3.8) is 0 Å². The number of hydrogen-bond acceptors (Lipinski definition) is 4. The highest BCUT2D eigenvalue weighted by Crippen LogP contribution is 2.53. The Bertz CT molecular complexity index is 665. The molecule has 0 radical (unpaired) electrons. The van der Waals surface area contributed by atoms with Gasteiger partial charge in [-0.3, -0.25) is 14.9 Å². The van der Waals surface area contributed by atoms with Crippen LogP contribution in [0, 0.1) is 15.5 Å². The zero-order valence-electron chi connectivity index (χ0n) is 13.1. The van der Waals surface area contributed by atoms with Gasteiger partial charge in [0.25, 0.3) is 11.6 Å². The average Bonchev–Trinajstić information content (AvgIpc) is 3.46. The molecular weight excluding hydrogens is 294 g/mol. The molecule has 1 N–H and O–H groups in total. The molecule has 23 heavy (non-hydrogen) atoms. The van der Waals surface area contributed by atoms with Gasteiger partial charge >= 0.3 is 0 Å². The first-order valence-corrected chi connectivity index (χ1v) is 8.41. The third-order valence-corrected chi connectivity index (χ3v) is 5.31. The topological polar surface area (TPSA) is 75.5 Å². The normalized spacial score (nSPS) is 22.0. The Morgan fingerprint density at radius 2 is 2.09 bits per heavy atom. The number of nitro groups is 1. The second kappa shape index (κ2) is 5.22. The molecular formula is C17H21N3O3. The maximum atomic E-state index is 12.1. The van der Waals surface area contributed by atoms with E-state index in [1.807, 2.05) is 0 Å². The molecule has 1 aromatic carbocycles. The van der Waals surface area contributed by atoms with E-state index in [1.165, 1.54) is 25.3 Å². The van der Waals surface area contributed by atoms with Crippen molar-refractivity contribution in [1.82, 2.24) is 5.32 Å². The van der Waals surface area contributed by atoms with Crippen LogP contribution in [0.25, 0.3) is 0 Å². The van der Waals surface area contributed by atoms with E-state index < -0.39 is 0 Å². The average molecular weight is 315 g/mol. The Labute approximate surface area is 135 Å². The summed E-state index contributed by atoms with van der Waals surface area (Å²) >= 11 is 0. The third kappa shape index (κ3) is 2.90. The van der Waals surface area contributed by atoms with Crippen LogP contribution in [-0.2, 0) is 0 Å². The first-order valence-electron chi connectivity index (χ1n) is 8.41. The summed E-state index contributed by atoms with van der Waals surface area (Å²) in [7, 11) is 0. The van der Waals surface area contributed by atoms with Gasteiger partial charge in [-0.25, -0.2) is 0 Å². The zero-order valence-corrected chi connectivity index (χ0v) is 13.1. The molecule has 1 aliphatic heterocycles. The van der Waals surface area contributed by atoms with Crippen molar-refractivity contribution in [2.75, 3.05) is 18.0 Å². The van der Waals surface area contributed by atoms with Crippen molar-refractivity contribution in [2.24, 2.45) is 5.41 Å². The quantitative estimate of drug-likeness (QED) is 0.685. The van der Waals surface area contributed by atoms with Gasteiger partial charge in [-0.05, 0) is 56.1 Å². The predicted octanol–water partition coefficient (Wildman–Crippen LogP) is 2.87. The molecule has 0 atom stereocenters. The number of carbonyl (C=O) groups excluding carboxylic acids is 1. The molecule has 1 spiro atoms. The molecule has 0 unspecified atom stereocenters. The number of amides is 1. The summed E-state index contributed by atoms with van der Waals surface area (Å²) in [4.78, 5) is 25.4. The lowest BCUT2D eigenvalue weighted by Crippen LogP contribution is -2.36. The number of nitro benzene ring substituents is 1. The molecule has 2 saturated carbocycles. The summed E-state index contributed by atoms with van der Waals surface area (Å²) in [5.74, 6) is -0.209. The van der Waals surface area contributed by atoms with Crippen molar-refractivity contribution < 1.29 is 9.72 Å². The summed E-state index contributed by atoms with van der Waals surface area (Å²) < 4.78 is 0. The van der Waals surface area contributed by atoms with Crippen molar-refractivity contribution in [3.8, 4) is 0 Å². The largest absolute Gasteiger partial charge is 0.365 e. The third-order valence-electron chi connectivity index (χ3n) is 5.31. The van der Waals surface area contributed by atoms with Crippen LogP contribution >= 0.6 is 0 Å². The van der Waals surface area contributed by atoms with Crippen molar-refractivity contribution in [2.45, 2.75) is 44.6 Å². The van der Waals surface area contributed by atoms with E-state index in [-0.39, 0.29) is 22.6 Å². The van der Waals surface area contributed by atoms with E-state index in [0.717, 1.165) is 32.4 Å². The van der Waals surface area contributed by atoms with Gasteiger partial charge in [-0.2, -0.15) is 0 Å². The molecule has 1 aromatic rings. The van der Waals surface area contributed by atoms with Gasteiger partial charge in [0.2, 0.25) is 0 Å². The fourth-order valence-corrected chi connectivity index (χ4v) is 3.57. The lowest BCUT2D eigenvalue weighted by atomic mass is 9.94. The van der Waals surface area contributed by atoms with E-state index in [2.05, 4.69) is 10.2 Å². The van der Waals surface area contributed by atoms with Gasteiger partial charge < -0.3 is 10.2 Å². The molecule has 1 amide bonds. The zero-order chi connectivity index (χ0) is 16.0. The second-order valence-electron chi connectivity index (χ2n) is 7.23. The lowest BCUT2D eigenvalue weighted by Gasteiger charge is -2.34. The number of anilines is 1. The first-order chi connectivity index (χ1) is 11.1. The molecule has 122 valence electrons. The number of piperidine rings is 1.